The van der Waals surface area contributed by atoms with Crippen molar-refractivity contribution in [3.8, 4) is 0 Å². The van der Waals surface area contributed by atoms with E-state index in [2.05, 4.69) is 21.2 Å². The third-order valence-electron chi connectivity index (χ3n) is 3.54. The van der Waals surface area contributed by atoms with Gasteiger partial charge in [0.2, 0.25) is 5.91 Å². The Balaban J connectivity index is 2.05. The third-order valence-corrected chi connectivity index (χ3v) is 4.03. The molecule has 0 spiro atoms. The Morgan fingerprint density at radius 3 is 2.43 bits per heavy atom. The molecule has 8 heteroatoms. The van der Waals surface area contributed by atoms with Crippen LogP contribution in [-0.4, -0.2) is 46.8 Å². The lowest BCUT2D eigenvalue weighted by Gasteiger charge is -2.20. The zero-order valence-corrected chi connectivity index (χ0v) is 14.1. The van der Waals surface area contributed by atoms with Gasteiger partial charge in [0.05, 0.1) is 16.5 Å². The van der Waals surface area contributed by atoms with Crippen LogP contribution in [0.25, 0.3) is 0 Å². The quantitative estimate of drug-likeness (QED) is 0.746. The van der Waals surface area contributed by atoms with Crippen molar-refractivity contribution in [2.45, 2.75) is 13.8 Å². The van der Waals surface area contributed by atoms with Crippen LogP contribution >= 0.6 is 15.9 Å². The second kappa shape index (κ2) is 6.11. The summed E-state index contributed by atoms with van der Waals surface area (Å²) in [6, 6.07) is 4.69. The monoisotopic (exact) mass is 382 g/mol. The molecule has 0 aromatic heterocycles. The molecule has 1 aromatic carbocycles. The van der Waals surface area contributed by atoms with E-state index in [0.29, 0.717) is 4.47 Å². The SMILES string of the molecule is CC(C)(CNC(=O)CN1C(=O)c2ccc(Br)cc2C1=O)C(=O)O. The first-order valence-corrected chi connectivity index (χ1v) is 7.58. The van der Waals surface area contributed by atoms with E-state index in [1.165, 1.54) is 26.0 Å². The summed E-state index contributed by atoms with van der Waals surface area (Å²) < 4.78 is 0.659. The zero-order valence-electron chi connectivity index (χ0n) is 12.6. The highest BCUT2D eigenvalue weighted by molar-refractivity contribution is 9.10. The van der Waals surface area contributed by atoms with Crippen molar-refractivity contribution in [1.29, 1.82) is 0 Å². The molecular weight excluding hydrogens is 368 g/mol. The van der Waals surface area contributed by atoms with Crippen LogP contribution in [0.5, 0.6) is 0 Å². The maximum Gasteiger partial charge on any atom is 0.310 e. The zero-order chi connectivity index (χ0) is 17.4. The van der Waals surface area contributed by atoms with Crippen molar-refractivity contribution in [2.75, 3.05) is 13.1 Å². The van der Waals surface area contributed by atoms with Crippen LogP contribution in [0.2, 0.25) is 0 Å². The molecule has 1 aliphatic heterocycles. The second-order valence-electron chi connectivity index (χ2n) is 5.85. The number of carbonyl (C=O) groups excluding carboxylic acids is 3. The summed E-state index contributed by atoms with van der Waals surface area (Å²) in [6.45, 7) is 2.39. The van der Waals surface area contributed by atoms with E-state index in [-0.39, 0.29) is 17.7 Å². The Bertz CT molecular complexity index is 714. The Morgan fingerprint density at radius 2 is 1.83 bits per heavy atom. The molecule has 0 bridgehead atoms. The number of aliphatic carboxylic acids is 1. The smallest absolute Gasteiger partial charge is 0.310 e. The number of hydrogen-bond acceptors (Lipinski definition) is 4. The van der Waals surface area contributed by atoms with Gasteiger partial charge in [0.25, 0.3) is 11.8 Å². The van der Waals surface area contributed by atoms with Crippen molar-refractivity contribution < 1.29 is 24.3 Å². The topological polar surface area (TPSA) is 104 Å². The van der Waals surface area contributed by atoms with Gasteiger partial charge in [-0.05, 0) is 32.0 Å². The summed E-state index contributed by atoms with van der Waals surface area (Å²) in [5.41, 5.74) is -0.650. The lowest BCUT2D eigenvalue weighted by atomic mass is 9.94. The van der Waals surface area contributed by atoms with Gasteiger partial charge in [0.15, 0.2) is 0 Å². The van der Waals surface area contributed by atoms with Gasteiger partial charge in [-0.25, -0.2) is 0 Å². The lowest BCUT2D eigenvalue weighted by molar-refractivity contribution is -0.146. The van der Waals surface area contributed by atoms with Crippen molar-refractivity contribution in [2.24, 2.45) is 5.41 Å². The van der Waals surface area contributed by atoms with Crippen LogP contribution < -0.4 is 5.32 Å². The van der Waals surface area contributed by atoms with E-state index in [4.69, 9.17) is 5.11 Å². The van der Waals surface area contributed by atoms with Gasteiger partial charge in [0.1, 0.15) is 6.54 Å². The number of imide groups is 1. The van der Waals surface area contributed by atoms with Gasteiger partial charge in [-0.1, -0.05) is 15.9 Å². The largest absolute Gasteiger partial charge is 0.481 e. The van der Waals surface area contributed by atoms with E-state index in [0.717, 1.165) is 4.90 Å². The average Bonchev–Trinajstić information content (AvgIpc) is 2.70. The first-order valence-electron chi connectivity index (χ1n) is 6.79. The molecule has 0 aliphatic carbocycles. The van der Waals surface area contributed by atoms with E-state index in [1.54, 1.807) is 6.07 Å². The Kier molecular flexibility index (Phi) is 4.56. The number of carbonyl (C=O) groups is 4. The number of rotatable bonds is 5. The number of fused-ring (bicyclic) bond motifs is 1. The lowest BCUT2D eigenvalue weighted by Crippen LogP contribution is -2.44. The molecular formula is C15H15BrN2O5. The molecule has 2 N–H and O–H groups in total. The average molecular weight is 383 g/mol. The highest BCUT2D eigenvalue weighted by Crippen LogP contribution is 2.25. The molecule has 0 unspecified atom stereocenters. The molecule has 3 amide bonds. The van der Waals surface area contributed by atoms with E-state index in [9.17, 15) is 19.2 Å². The minimum atomic E-state index is -1.14. The number of nitrogens with one attached hydrogen (secondary N) is 1. The highest BCUT2D eigenvalue weighted by Gasteiger charge is 2.37. The van der Waals surface area contributed by atoms with Gasteiger partial charge in [-0.15, -0.1) is 0 Å². The van der Waals surface area contributed by atoms with Crippen LogP contribution in [0.3, 0.4) is 0 Å². The van der Waals surface area contributed by atoms with Gasteiger partial charge in [-0.2, -0.15) is 0 Å². The van der Waals surface area contributed by atoms with Crippen molar-refractivity contribution >= 4 is 39.6 Å². The summed E-state index contributed by atoms with van der Waals surface area (Å²) in [4.78, 5) is 48.1. The molecule has 122 valence electrons. The Hall–Kier alpha value is -2.22. The third kappa shape index (κ3) is 3.42. The van der Waals surface area contributed by atoms with Crippen LogP contribution in [0.4, 0.5) is 0 Å². The molecule has 1 aliphatic rings. The number of benzene rings is 1. The fourth-order valence-corrected chi connectivity index (χ4v) is 2.36. The summed E-state index contributed by atoms with van der Waals surface area (Å²) in [5.74, 6) is -2.72. The predicted octanol–water partition coefficient (Wildman–Crippen LogP) is 1.27. The fraction of sp³-hybridized carbons (Fsp3) is 0.333. The minimum absolute atomic E-state index is 0.101. The molecule has 7 nitrogen and oxygen atoms in total. The van der Waals surface area contributed by atoms with E-state index >= 15 is 0 Å². The number of nitrogens with zero attached hydrogens (tertiary/aromatic N) is 1. The maximum absolute atomic E-state index is 12.2. The summed E-state index contributed by atoms with van der Waals surface area (Å²) in [7, 11) is 0. The Morgan fingerprint density at radius 1 is 1.22 bits per heavy atom. The van der Waals surface area contributed by atoms with E-state index in [1.807, 2.05) is 0 Å². The molecule has 1 heterocycles. The van der Waals surface area contributed by atoms with Crippen molar-refractivity contribution in [3.63, 3.8) is 0 Å². The fourth-order valence-electron chi connectivity index (χ4n) is 2.00. The van der Waals surface area contributed by atoms with E-state index < -0.39 is 35.7 Å². The molecule has 0 atom stereocenters. The predicted molar refractivity (Wildman–Crippen MR) is 83.9 cm³/mol. The second-order valence-corrected chi connectivity index (χ2v) is 6.77. The summed E-state index contributed by atoms with van der Waals surface area (Å²) >= 11 is 3.23. The standard InChI is InChI=1S/C15H15BrN2O5/c1-15(2,14(22)23)7-17-11(19)6-18-12(20)9-4-3-8(16)5-10(9)13(18)21/h3-5H,6-7H2,1-2H3,(H,17,19)(H,22,23). The molecule has 1 aromatic rings. The molecule has 0 saturated carbocycles. The highest BCUT2D eigenvalue weighted by atomic mass is 79.9. The van der Waals surface area contributed by atoms with Crippen molar-refractivity contribution in [3.05, 3.63) is 33.8 Å². The Labute approximate surface area is 140 Å². The number of carboxylic acid groups (broad SMARTS) is 1. The van der Waals surface area contributed by atoms with Crippen LogP contribution in [0.1, 0.15) is 34.6 Å². The normalized spacial score (nSPS) is 14.0. The molecule has 0 saturated heterocycles. The maximum atomic E-state index is 12.2. The number of carboxylic acids is 1. The molecule has 0 radical (unpaired) electrons. The summed E-state index contributed by atoms with van der Waals surface area (Å²) in [5, 5.41) is 11.4. The molecule has 0 fully saturated rings. The van der Waals surface area contributed by atoms with Gasteiger partial charge in [0, 0.05) is 11.0 Å². The van der Waals surface area contributed by atoms with Gasteiger partial charge < -0.3 is 10.4 Å². The summed E-state index contributed by atoms with van der Waals surface area (Å²) in [6.07, 6.45) is 0. The number of hydrogen-bond donors (Lipinski definition) is 2. The number of halogens is 1. The van der Waals surface area contributed by atoms with Gasteiger partial charge >= 0.3 is 5.97 Å². The van der Waals surface area contributed by atoms with Crippen LogP contribution in [-0.2, 0) is 9.59 Å². The van der Waals surface area contributed by atoms with Crippen LogP contribution in [0, 0.1) is 5.41 Å². The molecule has 2 rings (SSSR count). The van der Waals surface area contributed by atoms with Crippen LogP contribution in [0.15, 0.2) is 22.7 Å². The minimum Gasteiger partial charge on any atom is -0.481 e. The number of amides is 3. The molecule has 23 heavy (non-hydrogen) atoms. The first kappa shape index (κ1) is 17.1. The van der Waals surface area contributed by atoms with Gasteiger partial charge in [-0.3, -0.25) is 24.1 Å². The first-order chi connectivity index (χ1) is 10.6. The van der Waals surface area contributed by atoms with Crippen molar-refractivity contribution in [1.82, 2.24) is 10.2 Å².